The average Bonchev–Trinajstić information content (AvgIpc) is 2.97. The fraction of sp³-hybridized carbons (Fsp3) is 0. The molecule has 0 radical (unpaired) electrons. The van der Waals surface area contributed by atoms with E-state index in [1.54, 1.807) is 8.97 Å². The van der Waals surface area contributed by atoms with Crippen LogP contribution in [0.25, 0.3) is 28.7 Å². The fourth-order valence-corrected chi connectivity index (χ4v) is 2.75. The Hall–Kier alpha value is -2.81. The van der Waals surface area contributed by atoms with Crippen molar-refractivity contribution in [3.63, 3.8) is 0 Å². The number of fused-ring (bicyclic) bond motifs is 3. The van der Waals surface area contributed by atoms with Gasteiger partial charge in [-0.05, 0) is 24.3 Å². The molecule has 4 rings (SSSR count). The van der Waals surface area contributed by atoms with Crippen molar-refractivity contribution in [3.05, 3.63) is 76.5 Å². The Morgan fingerprint density at radius 3 is 2.35 bits per heavy atom. The van der Waals surface area contributed by atoms with Crippen LogP contribution >= 0.6 is 0 Å². The zero-order valence-electron chi connectivity index (χ0n) is 10.8. The van der Waals surface area contributed by atoms with Crippen LogP contribution in [-0.4, -0.2) is 8.97 Å². The van der Waals surface area contributed by atoms with Crippen LogP contribution in [0.15, 0.2) is 65.5 Å². The molecule has 2 aromatic carbocycles. The first-order valence-corrected chi connectivity index (χ1v) is 6.46. The number of imidazole rings is 1. The van der Waals surface area contributed by atoms with E-state index in [0.29, 0.717) is 0 Å². The summed E-state index contributed by atoms with van der Waals surface area (Å²) in [6.45, 7) is 4.08. The molecule has 0 bridgehead atoms. The van der Waals surface area contributed by atoms with E-state index in [4.69, 9.17) is 0 Å². The first kappa shape index (κ1) is 11.1. The van der Waals surface area contributed by atoms with Gasteiger partial charge in [0, 0.05) is 5.39 Å². The van der Waals surface area contributed by atoms with E-state index in [-0.39, 0.29) is 5.69 Å². The quantitative estimate of drug-likeness (QED) is 0.516. The Labute approximate surface area is 115 Å². The van der Waals surface area contributed by atoms with Gasteiger partial charge in [0.1, 0.15) is 0 Å². The molecule has 0 atom stereocenters. The van der Waals surface area contributed by atoms with Crippen molar-refractivity contribution in [1.82, 2.24) is 8.97 Å². The van der Waals surface area contributed by atoms with Gasteiger partial charge in [-0.3, -0.25) is 8.97 Å². The summed E-state index contributed by atoms with van der Waals surface area (Å²) in [5, 5.41) is 1.78. The maximum absolute atomic E-state index is 12.7. The van der Waals surface area contributed by atoms with Crippen LogP contribution in [0.5, 0.6) is 0 Å². The lowest BCUT2D eigenvalue weighted by Gasteiger charge is -2.00. The minimum Gasteiger partial charge on any atom is -0.261 e. The minimum absolute atomic E-state index is 0.0719. The summed E-state index contributed by atoms with van der Waals surface area (Å²) in [7, 11) is 0. The first-order valence-electron chi connectivity index (χ1n) is 6.46. The Bertz CT molecular complexity index is 1030. The van der Waals surface area contributed by atoms with E-state index in [9.17, 15) is 4.79 Å². The van der Waals surface area contributed by atoms with Gasteiger partial charge < -0.3 is 0 Å². The fourth-order valence-electron chi connectivity index (χ4n) is 2.75. The second-order valence-electron chi connectivity index (χ2n) is 4.82. The van der Waals surface area contributed by atoms with Crippen molar-refractivity contribution in [1.29, 1.82) is 0 Å². The predicted octanol–water partition coefficient (Wildman–Crippen LogP) is 2.37. The second-order valence-corrected chi connectivity index (χ2v) is 4.82. The van der Waals surface area contributed by atoms with Crippen LogP contribution in [0.3, 0.4) is 0 Å². The lowest BCUT2D eigenvalue weighted by molar-refractivity contribution is 0.939. The van der Waals surface area contributed by atoms with Gasteiger partial charge in [-0.25, -0.2) is 4.79 Å². The molecule has 0 saturated carbocycles. The molecule has 3 heteroatoms. The molecule has 2 aromatic heterocycles. The molecule has 3 nitrogen and oxygen atoms in total. The van der Waals surface area contributed by atoms with Crippen LogP contribution in [-0.2, 0) is 0 Å². The third kappa shape index (κ3) is 1.32. The molecule has 4 aromatic rings. The first-order chi connectivity index (χ1) is 9.77. The highest BCUT2D eigenvalue weighted by atomic mass is 16.1. The summed E-state index contributed by atoms with van der Waals surface area (Å²) in [6, 6.07) is 19.5. The number of benzene rings is 2. The Morgan fingerprint density at radius 1 is 0.850 bits per heavy atom. The highest BCUT2D eigenvalue weighted by Crippen LogP contribution is 2.17. The van der Waals surface area contributed by atoms with Crippen LogP contribution in [0.1, 0.15) is 0 Å². The third-order valence-electron chi connectivity index (χ3n) is 3.67. The molecular formula is C17H12N2O. The number of para-hydroxylation sites is 2. The summed E-state index contributed by atoms with van der Waals surface area (Å²) in [6.07, 6.45) is 0. The van der Waals surface area contributed by atoms with Gasteiger partial charge in [0.25, 0.3) is 0 Å². The molecule has 0 aliphatic rings. The highest BCUT2D eigenvalue weighted by molar-refractivity contribution is 5.87. The van der Waals surface area contributed by atoms with Crippen LogP contribution in [0, 0.1) is 0 Å². The number of hydrogen-bond acceptors (Lipinski definition) is 1. The number of aromatic nitrogens is 2. The zero-order chi connectivity index (χ0) is 13.7. The Balaban J connectivity index is 2.21. The van der Waals surface area contributed by atoms with Gasteiger partial charge in [-0.1, -0.05) is 43.0 Å². The van der Waals surface area contributed by atoms with Crippen molar-refractivity contribution in [2.75, 3.05) is 0 Å². The Kier molecular flexibility index (Phi) is 2.12. The third-order valence-corrected chi connectivity index (χ3v) is 3.67. The summed E-state index contributed by atoms with van der Waals surface area (Å²) >= 11 is 0. The largest absolute Gasteiger partial charge is 0.338 e. The monoisotopic (exact) mass is 260 g/mol. The molecule has 96 valence electrons. The zero-order valence-corrected chi connectivity index (χ0v) is 10.8. The van der Waals surface area contributed by atoms with Crippen LogP contribution in [0.4, 0.5) is 0 Å². The van der Waals surface area contributed by atoms with Crippen molar-refractivity contribution in [2.24, 2.45) is 0 Å². The second kappa shape index (κ2) is 3.84. The normalized spacial score (nSPS) is 11.4. The van der Waals surface area contributed by atoms with Crippen molar-refractivity contribution in [2.45, 2.75) is 0 Å². The molecule has 0 spiro atoms. The van der Waals surface area contributed by atoms with Crippen molar-refractivity contribution < 1.29 is 0 Å². The summed E-state index contributed by atoms with van der Waals surface area (Å²) < 4.78 is 3.38. The minimum atomic E-state index is -0.0719. The topological polar surface area (TPSA) is 26.4 Å². The van der Waals surface area contributed by atoms with Gasteiger partial charge in [0.2, 0.25) is 0 Å². The van der Waals surface area contributed by atoms with Gasteiger partial charge >= 0.3 is 5.69 Å². The number of nitrogens with zero attached hydrogens (tertiary/aromatic N) is 2. The van der Waals surface area contributed by atoms with E-state index >= 15 is 0 Å². The predicted molar refractivity (Wildman–Crippen MR) is 81.2 cm³/mol. The molecule has 0 saturated heterocycles. The van der Waals surface area contributed by atoms with Crippen LogP contribution < -0.4 is 11.0 Å². The van der Waals surface area contributed by atoms with Crippen molar-refractivity contribution >= 4 is 23.0 Å². The molecule has 0 aliphatic carbocycles. The summed E-state index contributed by atoms with van der Waals surface area (Å²) in [5.41, 5.74) is 2.56. The van der Waals surface area contributed by atoms with E-state index in [2.05, 4.69) is 6.58 Å². The van der Waals surface area contributed by atoms with Crippen molar-refractivity contribution in [3.8, 4) is 5.69 Å². The maximum atomic E-state index is 12.7. The Morgan fingerprint density at radius 2 is 1.55 bits per heavy atom. The SMILES string of the molecule is C=c1c2cc3ccccc3n2c(=O)n1-c1ccccc1. The van der Waals surface area contributed by atoms with E-state index in [1.807, 2.05) is 60.7 Å². The number of hydrogen-bond donors (Lipinski definition) is 0. The van der Waals surface area contributed by atoms with Crippen LogP contribution in [0.2, 0.25) is 0 Å². The van der Waals surface area contributed by atoms with Gasteiger partial charge in [0.05, 0.1) is 22.1 Å². The lowest BCUT2D eigenvalue weighted by atomic mass is 10.2. The van der Waals surface area contributed by atoms with E-state index in [0.717, 1.165) is 27.5 Å². The highest BCUT2D eigenvalue weighted by Gasteiger charge is 2.13. The average molecular weight is 260 g/mol. The van der Waals surface area contributed by atoms with Gasteiger partial charge in [-0.2, -0.15) is 0 Å². The molecule has 20 heavy (non-hydrogen) atoms. The molecule has 0 fully saturated rings. The maximum Gasteiger partial charge on any atom is 0.338 e. The molecule has 0 unspecified atom stereocenters. The summed E-state index contributed by atoms with van der Waals surface area (Å²) in [4.78, 5) is 12.7. The number of rotatable bonds is 1. The van der Waals surface area contributed by atoms with Gasteiger partial charge in [0.15, 0.2) is 0 Å². The van der Waals surface area contributed by atoms with E-state index in [1.165, 1.54) is 0 Å². The summed E-state index contributed by atoms with van der Waals surface area (Å²) in [5.74, 6) is 0. The molecule has 0 aliphatic heterocycles. The standard InChI is InChI=1S/C17H12N2O/c1-12-16-11-13-7-5-6-10-15(13)19(16)17(20)18(12)14-8-3-2-4-9-14/h2-11H,1H2. The lowest BCUT2D eigenvalue weighted by Crippen LogP contribution is -2.25. The molecule has 0 amide bonds. The van der Waals surface area contributed by atoms with E-state index < -0.39 is 0 Å². The van der Waals surface area contributed by atoms with Gasteiger partial charge in [-0.15, -0.1) is 0 Å². The molecule has 0 N–H and O–H groups in total. The molecular weight excluding hydrogens is 248 g/mol. The smallest absolute Gasteiger partial charge is 0.261 e. The molecule has 2 heterocycles.